The van der Waals surface area contributed by atoms with E-state index in [1.165, 1.54) is 31.3 Å². The lowest BCUT2D eigenvalue weighted by Gasteiger charge is -2.50. The number of rotatable bonds is 6. The number of benzene rings is 1. The van der Waals surface area contributed by atoms with Crippen LogP contribution in [0, 0.1) is 23.7 Å². The molecular formula is C31H39N3O8. The van der Waals surface area contributed by atoms with E-state index in [4.69, 9.17) is 10.5 Å². The molecule has 6 rings (SSSR count). The van der Waals surface area contributed by atoms with Gasteiger partial charge in [-0.3, -0.25) is 24.2 Å². The number of primary amides is 1. The predicted octanol–water partition coefficient (Wildman–Crippen LogP) is 1.59. The topological polar surface area (TPSA) is 174 Å². The Kier molecular flexibility index (Phi) is 6.71. The lowest BCUT2D eigenvalue weighted by Crippen LogP contribution is -2.65. The Bertz CT molecular complexity index is 1460. The number of hydrogen-bond donors (Lipinski definition) is 5. The summed E-state index contributed by atoms with van der Waals surface area (Å²) < 4.78 is 5.87. The van der Waals surface area contributed by atoms with E-state index in [0.717, 1.165) is 17.9 Å². The van der Waals surface area contributed by atoms with Gasteiger partial charge in [-0.15, -0.1) is 0 Å². The summed E-state index contributed by atoms with van der Waals surface area (Å²) in [5, 5.41) is 45.4. The molecule has 0 spiro atoms. The van der Waals surface area contributed by atoms with Crippen LogP contribution in [0.2, 0.25) is 0 Å². The van der Waals surface area contributed by atoms with Crippen LogP contribution in [0.15, 0.2) is 23.0 Å². The highest BCUT2D eigenvalue weighted by Gasteiger charge is 2.64. The van der Waals surface area contributed by atoms with E-state index in [1.807, 2.05) is 0 Å². The molecule has 3 saturated carbocycles. The zero-order chi connectivity index (χ0) is 30.4. The number of aliphatic hydroxyl groups is 3. The Balaban J connectivity index is 1.44. The summed E-state index contributed by atoms with van der Waals surface area (Å²) in [5.41, 5.74) is 3.07. The van der Waals surface area contributed by atoms with Gasteiger partial charge < -0.3 is 30.9 Å². The first-order chi connectivity index (χ1) is 19.8. The molecule has 2 unspecified atom stereocenters. The number of nitrogens with zero attached hydrogens (tertiary/aromatic N) is 2. The van der Waals surface area contributed by atoms with Crippen LogP contribution < -0.4 is 10.5 Å². The van der Waals surface area contributed by atoms with Crippen molar-refractivity contribution in [2.45, 2.75) is 62.8 Å². The molecule has 11 nitrogen and oxygen atoms in total. The molecule has 1 aromatic carbocycles. The minimum absolute atomic E-state index is 0.0327. The number of carbonyl (C=O) groups is 3. The van der Waals surface area contributed by atoms with Crippen LogP contribution in [0.4, 0.5) is 0 Å². The number of ketones is 2. The van der Waals surface area contributed by atoms with Crippen molar-refractivity contribution in [2.75, 3.05) is 28.3 Å². The van der Waals surface area contributed by atoms with Crippen molar-refractivity contribution >= 4 is 23.2 Å². The zero-order valence-corrected chi connectivity index (χ0v) is 24.4. The molecule has 2 bridgehead atoms. The van der Waals surface area contributed by atoms with Crippen LogP contribution in [-0.2, 0) is 27.3 Å². The molecule has 6 N–H and O–H groups in total. The van der Waals surface area contributed by atoms with Crippen molar-refractivity contribution < 1.29 is 39.5 Å². The average Bonchev–Trinajstić information content (AvgIpc) is 3.54. The lowest BCUT2D eigenvalue weighted by molar-refractivity contribution is -0.153. The summed E-state index contributed by atoms with van der Waals surface area (Å²) in [6, 6.07) is 0.880. The summed E-state index contributed by atoms with van der Waals surface area (Å²) in [6.45, 7) is 0.535. The highest BCUT2D eigenvalue weighted by molar-refractivity contribution is 6.24. The smallest absolute Gasteiger partial charge is 0.255 e. The highest BCUT2D eigenvalue weighted by Crippen LogP contribution is 2.54. The van der Waals surface area contributed by atoms with Crippen LogP contribution in [0.25, 0.3) is 5.76 Å². The van der Waals surface area contributed by atoms with Crippen LogP contribution in [0.5, 0.6) is 11.5 Å². The van der Waals surface area contributed by atoms with Gasteiger partial charge in [0.2, 0.25) is 5.78 Å². The third-order valence-corrected chi connectivity index (χ3v) is 10.6. The first-order valence-electron chi connectivity index (χ1n) is 14.6. The first-order valence-corrected chi connectivity index (χ1v) is 14.6. The summed E-state index contributed by atoms with van der Waals surface area (Å²) in [6.07, 6.45) is 5.17. The average molecular weight is 582 g/mol. The number of carbonyl (C=O) groups excluding carboxylic acids is 3. The first kappa shape index (κ1) is 28.7. The molecule has 0 aromatic heterocycles. The number of aliphatic hydroxyl groups excluding tert-OH is 2. The number of ether oxygens (including phenoxy) is 1. The normalized spacial score (nSPS) is 33.8. The fourth-order valence-electron chi connectivity index (χ4n) is 8.86. The van der Waals surface area contributed by atoms with Gasteiger partial charge in [-0.05, 0) is 77.1 Å². The number of amides is 1. The number of hydrogen-bond acceptors (Lipinski definition) is 10. The van der Waals surface area contributed by atoms with E-state index < -0.39 is 58.0 Å². The Morgan fingerprint density at radius 1 is 1.12 bits per heavy atom. The Morgan fingerprint density at radius 2 is 1.83 bits per heavy atom. The van der Waals surface area contributed by atoms with Gasteiger partial charge in [-0.2, -0.15) is 0 Å². The molecule has 1 amide bonds. The molecule has 7 atom stereocenters. The molecule has 0 aliphatic heterocycles. The van der Waals surface area contributed by atoms with E-state index in [-0.39, 0.29) is 29.7 Å². The molecule has 0 heterocycles. The summed E-state index contributed by atoms with van der Waals surface area (Å²) in [5.74, 6) is -4.73. The number of aromatic hydroxyl groups is 1. The van der Waals surface area contributed by atoms with Gasteiger partial charge in [0.05, 0.1) is 18.7 Å². The standard InChI is InChI=1S/C31H39N3O8/c1-33(2)24-18-10-15-9-17-22(25(36)21(15)28(38)31(18,41)29(39)23(26(24)37)30(32)40)20(35)11-16(27(17)42-4)12-34(3)19-8-13-5-6-14(19)7-13/h11,13-15,18-19,24,35-36,39,41H,5-10,12H2,1-4H3,(H2,32,40)/t13?,14?,15-,18-,19+,24-,31-/m0/s1. The number of methoxy groups -OCH3 is 1. The zero-order valence-electron chi connectivity index (χ0n) is 24.4. The largest absolute Gasteiger partial charge is 0.508 e. The van der Waals surface area contributed by atoms with Crippen LogP contribution >= 0.6 is 0 Å². The third-order valence-electron chi connectivity index (χ3n) is 10.6. The molecule has 0 radical (unpaired) electrons. The quantitative estimate of drug-likeness (QED) is 0.311. The van der Waals surface area contributed by atoms with E-state index in [1.54, 1.807) is 20.2 Å². The second-order valence-corrected chi connectivity index (χ2v) is 13.1. The van der Waals surface area contributed by atoms with Gasteiger partial charge >= 0.3 is 0 Å². The predicted molar refractivity (Wildman–Crippen MR) is 151 cm³/mol. The second kappa shape index (κ2) is 9.82. The van der Waals surface area contributed by atoms with Crippen molar-refractivity contribution in [3.8, 4) is 11.5 Å². The van der Waals surface area contributed by atoms with Crippen molar-refractivity contribution in [3.63, 3.8) is 0 Å². The van der Waals surface area contributed by atoms with Gasteiger partial charge in [-0.1, -0.05) is 6.42 Å². The number of phenols is 1. The lowest BCUT2D eigenvalue weighted by atomic mass is 9.57. The summed E-state index contributed by atoms with van der Waals surface area (Å²) in [7, 11) is 6.77. The van der Waals surface area contributed by atoms with Gasteiger partial charge in [-0.25, -0.2) is 0 Å². The Labute approximate surface area is 244 Å². The monoisotopic (exact) mass is 581 g/mol. The van der Waals surface area contributed by atoms with Crippen molar-refractivity contribution in [1.82, 2.24) is 9.80 Å². The van der Waals surface area contributed by atoms with Gasteiger partial charge in [0, 0.05) is 35.2 Å². The molecule has 5 aliphatic carbocycles. The number of likely N-dealkylation sites (N-methyl/N-ethyl adjacent to an activating group) is 1. The molecule has 5 aliphatic rings. The highest BCUT2D eigenvalue weighted by atomic mass is 16.5. The molecule has 1 aromatic rings. The minimum Gasteiger partial charge on any atom is -0.508 e. The number of nitrogens with two attached hydrogens (primary N) is 1. The maximum absolute atomic E-state index is 14.0. The molecule has 226 valence electrons. The molecule has 42 heavy (non-hydrogen) atoms. The van der Waals surface area contributed by atoms with Gasteiger partial charge in [0.25, 0.3) is 5.91 Å². The van der Waals surface area contributed by atoms with E-state index in [2.05, 4.69) is 11.9 Å². The molecular weight excluding hydrogens is 542 g/mol. The molecule has 0 saturated heterocycles. The summed E-state index contributed by atoms with van der Waals surface area (Å²) in [4.78, 5) is 43.3. The SMILES string of the molecule is COc1c(CN(C)[C@@H]2CC3CCC2C3)cc(O)c2c1C[C@H]1C[C@H]3[C@H](N(C)C)C(=O)C(C(N)=O)=C(O)[C@@]3(O)C(=O)C1=C2O. The second-order valence-electron chi connectivity index (χ2n) is 13.1. The fraction of sp³-hybridized carbons (Fsp3) is 0.581. The van der Waals surface area contributed by atoms with Gasteiger partial charge in [0.15, 0.2) is 11.4 Å². The van der Waals surface area contributed by atoms with Crippen LogP contribution in [0.1, 0.15) is 48.8 Å². The third kappa shape index (κ3) is 3.86. The fourth-order valence-corrected chi connectivity index (χ4v) is 8.86. The van der Waals surface area contributed by atoms with Crippen LogP contribution in [-0.4, -0.2) is 93.6 Å². The number of phenolic OH excluding ortho intramolecular Hbond substituents is 1. The Morgan fingerprint density at radius 3 is 2.40 bits per heavy atom. The number of fused-ring (bicyclic) bond motifs is 5. The Hall–Kier alpha value is -3.41. The number of Topliss-reactive ketones (excluding diaryl/α,β-unsaturated/α-hetero) is 2. The molecule has 11 heteroatoms. The summed E-state index contributed by atoms with van der Waals surface area (Å²) >= 11 is 0. The van der Waals surface area contributed by atoms with Crippen LogP contribution in [0.3, 0.4) is 0 Å². The van der Waals surface area contributed by atoms with Crippen molar-refractivity contribution in [1.29, 1.82) is 0 Å². The maximum Gasteiger partial charge on any atom is 0.255 e. The molecule has 3 fully saturated rings. The minimum atomic E-state index is -2.66. The van der Waals surface area contributed by atoms with Gasteiger partial charge in [0.1, 0.15) is 28.6 Å². The van der Waals surface area contributed by atoms with E-state index >= 15 is 0 Å². The van der Waals surface area contributed by atoms with Crippen molar-refractivity contribution in [2.24, 2.45) is 29.4 Å². The van der Waals surface area contributed by atoms with Crippen molar-refractivity contribution in [3.05, 3.63) is 39.7 Å². The van der Waals surface area contributed by atoms with E-state index in [9.17, 15) is 34.8 Å². The maximum atomic E-state index is 14.0. The van der Waals surface area contributed by atoms with E-state index in [0.29, 0.717) is 29.8 Å².